The zero-order valence-corrected chi connectivity index (χ0v) is 12.1. The molecular weight excluding hydrogens is 283 g/mol. The second kappa shape index (κ2) is 5.59. The Kier molecular flexibility index (Phi) is 4.08. The van der Waals surface area contributed by atoms with Gasteiger partial charge in [-0.05, 0) is 42.8 Å². The van der Waals surface area contributed by atoms with Gasteiger partial charge in [0.15, 0.2) is 0 Å². The SMILES string of the molecule is COc1ccc(Nc2cc(Cl)c(N)cc2C)cc1Cl. The van der Waals surface area contributed by atoms with Gasteiger partial charge in [-0.25, -0.2) is 0 Å². The minimum absolute atomic E-state index is 0.521. The summed E-state index contributed by atoms with van der Waals surface area (Å²) in [4.78, 5) is 0. The number of aryl methyl sites for hydroxylation is 1. The molecule has 0 aliphatic rings. The van der Waals surface area contributed by atoms with Crippen molar-refractivity contribution in [2.24, 2.45) is 0 Å². The molecule has 19 heavy (non-hydrogen) atoms. The first-order chi connectivity index (χ1) is 9.01. The number of rotatable bonds is 3. The van der Waals surface area contributed by atoms with Crippen LogP contribution in [0.2, 0.25) is 10.0 Å². The Labute approximate surface area is 122 Å². The molecule has 0 aliphatic heterocycles. The summed E-state index contributed by atoms with van der Waals surface area (Å²) in [6, 6.07) is 9.11. The highest BCUT2D eigenvalue weighted by atomic mass is 35.5. The molecule has 2 rings (SSSR count). The number of methoxy groups -OCH3 is 1. The number of anilines is 3. The lowest BCUT2D eigenvalue weighted by molar-refractivity contribution is 0.415. The minimum Gasteiger partial charge on any atom is -0.495 e. The van der Waals surface area contributed by atoms with Gasteiger partial charge in [0.1, 0.15) is 5.75 Å². The molecule has 2 aromatic rings. The van der Waals surface area contributed by atoms with Crippen molar-refractivity contribution in [1.82, 2.24) is 0 Å². The van der Waals surface area contributed by atoms with E-state index in [1.165, 1.54) is 0 Å². The van der Waals surface area contributed by atoms with Crippen molar-refractivity contribution in [2.75, 3.05) is 18.2 Å². The van der Waals surface area contributed by atoms with Crippen molar-refractivity contribution in [1.29, 1.82) is 0 Å². The maximum atomic E-state index is 6.08. The molecule has 3 N–H and O–H groups in total. The lowest BCUT2D eigenvalue weighted by atomic mass is 10.1. The van der Waals surface area contributed by atoms with Crippen LogP contribution >= 0.6 is 23.2 Å². The molecule has 0 bridgehead atoms. The Morgan fingerprint density at radius 2 is 1.84 bits per heavy atom. The number of hydrogen-bond donors (Lipinski definition) is 2. The fraction of sp³-hybridized carbons (Fsp3) is 0.143. The largest absolute Gasteiger partial charge is 0.495 e. The predicted octanol–water partition coefficient (Wildman–Crippen LogP) is 4.64. The van der Waals surface area contributed by atoms with Crippen LogP contribution in [-0.2, 0) is 0 Å². The van der Waals surface area contributed by atoms with Crippen molar-refractivity contribution in [2.45, 2.75) is 6.92 Å². The van der Waals surface area contributed by atoms with Gasteiger partial charge >= 0.3 is 0 Å². The van der Waals surface area contributed by atoms with Gasteiger partial charge in [0.25, 0.3) is 0 Å². The molecule has 0 atom stereocenters. The zero-order valence-electron chi connectivity index (χ0n) is 10.6. The Hall–Kier alpha value is -1.58. The molecule has 0 amide bonds. The summed E-state index contributed by atoms with van der Waals surface area (Å²) < 4.78 is 5.11. The van der Waals surface area contributed by atoms with Crippen LogP contribution in [0.25, 0.3) is 0 Å². The van der Waals surface area contributed by atoms with E-state index in [0.717, 1.165) is 16.9 Å². The third-order valence-electron chi connectivity index (χ3n) is 2.77. The van der Waals surface area contributed by atoms with Crippen LogP contribution in [0.15, 0.2) is 30.3 Å². The Bertz CT molecular complexity index is 615. The molecule has 0 unspecified atom stereocenters. The van der Waals surface area contributed by atoms with E-state index in [4.69, 9.17) is 33.7 Å². The molecule has 0 aromatic heterocycles. The van der Waals surface area contributed by atoms with Crippen LogP contribution in [0.5, 0.6) is 5.75 Å². The molecule has 0 radical (unpaired) electrons. The first kappa shape index (κ1) is 13.8. The van der Waals surface area contributed by atoms with Gasteiger partial charge < -0.3 is 15.8 Å². The van der Waals surface area contributed by atoms with Gasteiger partial charge in [0.05, 0.1) is 22.8 Å². The molecule has 0 spiro atoms. The van der Waals surface area contributed by atoms with Gasteiger partial charge in [0, 0.05) is 11.4 Å². The highest BCUT2D eigenvalue weighted by Gasteiger charge is 2.06. The average Bonchev–Trinajstić information content (AvgIpc) is 2.36. The average molecular weight is 297 g/mol. The van der Waals surface area contributed by atoms with Crippen LogP contribution in [0, 0.1) is 6.92 Å². The summed E-state index contributed by atoms with van der Waals surface area (Å²) >= 11 is 12.1. The molecule has 0 saturated heterocycles. The fourth-order valence-electron chi connectivity index (χ4n) is 1.74. The van der Waals surface area contributed by atoms with Crippen molar-refractivity contribution in [3.63, 3.8) is 0 Å². The third kappa shape index (κ3) is 3.06. The predicted molar refractivity (Wildman–Crippen MR) is 81.9 cm³/mol. The summed E-state index contributed by atoms with van der Waals surface area (Å²) in [7, 11) is 1.58. The lowest BCUT2D eigenvalue weighted by Crippen LogP contribution is -1.96. The minimum atomic E-state index is 0.521. The second-order valence-electron chi connectivity index (χ2n) is 4.16. The monoisotopic (exact) mass is 296 g/mol. The molecule has 2 aromatic carbocycles. The van der Waals surface area contributed by atoms with Crippen molar-refractivity contribution in [3.05, 3.63) is 45.9 Å². The van der Waals surface area contributed by atoms with E-state index in [0.29, 0.717) is 21.5 Å². The lowest BCUT2D eigenvalue weighted by Gasteiger charge is -2.12. The molecule has 3 nitrogen and oxygen atoms in total. The molecule has 0 heterocycles. The van der Waals surface area contributed by atoms with Gasteiger partial charge in [0.2, 0.25) is 0 Å². The van der Waals surface area contributed by atoms with E-state index < -0.39 is 0 Å². The molecule has 5 heteroatoms. The summed E-state index contributed by atoms with van der Waals surface area (Å²) in [6.07, 6.45) is 0. The smallest absolute Gasteiger partial charge is 0.137 e. The summed E-state index contributed by atoms with van der Waals surface area (Å²) in [5, 5.41) is 4.32. The van der Waals surface area contributed by atoms with E-state index >= 15 is 0 Å². The number of ether oxygens (including phenoxy) is 1. The van der Waals surface area contributed by atoms with Gasteiger partial charge in [-0.1, -0.05) is 23.2 Å². The molecule has 0 fully saturated rings. The number of nitrogens with one attached hydrogen (secondary N) is 1. The van der Waals surface area contributed by atoms with Crippen LogP contribution in [0.3, 0.4) is 0 Å². The highest BCUT2D eigenvalue weighted by Crippen LogP contribution is 2.32. The second-order valence-corrected chi connectivity index (χ2v) is 4.98. The van der Waals surface area contributed by atoms with Gasteiger partial charge in [-0.2, -0.15) is 0 Å². The molecular formula is C14H14Cl2N2O. The van der Waals surface area contributed by atoms with Crippen molar-refractivity contribution in [3.8, 4) is 5.75 Å². The van der Waals surface area contributed by atoms with E-state index in [9.17, 15) is 0 Å². The Morgan fingerprint density at radius 3 is 2.47 bits per heavy atom. The first-order valence-corrected chi connectivity index (χ1v) is 6.43. The number of nitrogen functional groups attached to an aromatic ring is 1. The maximum absolute atomic E-state index is 6.08. The number of halogens is 2. The van der Waals surface area contributed by atoms with Crippen molar-refractivity contribution < 1.29 is 4.74 Å². The van der Waals surface area contributed by atoms with E-state index in [2.05, 4.69) is 5.32 Å². The molecule has 0 aliphatic carbocycles. The summed E-state index contributed by atoms with van der Waals surface area (Å²) in [6.45, 7) is 1.96. The molecule has 0 saturated carbocycles. The molecule has 100 valence electrons. The van der Waals surface area contributed by atoms with Crippen molar-refractivity contribution >= 4 is 40.3 Å². The summed E-state index contributed by atoms with van der Waals surface area (Å²) in [5.74, 6) is 0.638. The number of hydrogen-bond acceptors (Lipinski definition) is 3. The van der Waals surface area contributed by atoms with E-state index in [1.807, 2.05) is 19.1 Å². The van der Waals surface area contributed by atoms with Crippen LogP contribution in [-0.4, -0.2) is 7.11 Å². The van der Waals surface area contributed by atoms with Crippen LogP contribution in [0.1, 0.15) is 5.56 Å². The van der Waals surface area contributed by atoms with Gasteiger partial charge in [-0.15, -0.1) is 0 Å². The van der Waals surface area contributed by atoms with Crippen LogP contribution < -0.4 is 15.8 Å². The van der Waals surface area contributed by atoms with Gasteiger partial charge in [-0.3, -0.25) is 0 Å². The standard InChI is InChI=1S/C14H14Cl2N2O/c1-8-5-12(17)10(15)7-13(8)18-9-3-4-14(19-2)11(16)6-9/h3-7,18H,17H2,1-2H3. The number of nitrogens with two attached hydrogens (primary N) is 1. The zero-order chi connectivity index (χ0) is 14.0. The normalized spacial score (nSPS) is 10.3. The fourth-order valence-corrected chi connectivity index (χ4v) is 2.16. The van der Waals surface area contributed by atoms with E-state index in [1.54, 1.807) is 25.3 Å². The third-order valence-corrected chi connectivity index (χ3v) is 3.40. The number of benzene rings is 2. The highest BCUT2D eigenvalue weighted by molar-refractivity contribution is 6.33. The van der Waals surface area contributed by atoms with E-state index in [-0.39, 0.29) is 0 Å². The Morgan fingerprint density at radius 1 is 1.11 bits per heavy atom. The Balaban J connectivity index is 2.31. The quantitative estimate of drug-likeness (QED) is 0.812. The summed E-state index contributed by atoms with van der Waals surface area (Å²) in [5.41, 5.74) is 9.07. The topological polar surface area (TPSA) is 47.3 Å². The van der Waals surface area contributed by atoms with Crippen LogP contribution in [0.4, 0.5) is 17.1 Å². The maximum Gasteiger partial charge on any atom is 0.137 e. The first-order valence-electron chi connectivity index (χ1n) is 5.67.